The number of rotatable bonds is 2. The predicted molar refractivity (Wildman–Crippen MR) is 44.8 cm³/mol. The largest absolute Gasteiger partial charge is 0.347 e. The Hall–Kier alpha value is -0.495. The van der Waals surface area contributed by atoms with Crippen molar-refractivity contribution < 1.29 is 0 Å². The predicted octanol–water partition coefficient (Wildman–Crippen LogP) is 1.28. The van der Waals surface area contributed by atoms with Gasteiger partial charge < -0.3 is 4.81 Å². The molecule has 1 nitrogen and oxygen atoms in total. The minimum absolute atomic E-state index is 0.868. The highest BCUT2D eigenvalue weighted by Gasteiger charge is 2.13. The summed E-state index contributed by atoms with van der Waals surface area (Å²) in [5, 5.41) is 0. The Morgan fingerprint density at radius 1 is 1.70 bits per heavy atom. The molecule has 0 saturated carbocycles. The molecule has 0 amide bonds. The topological polar surface area (TPSA) is 3.24 Å². The molecular formula is C8H12BN. The van der Waals surface area contributed by atoms with Crippen LogP contribution in [0.15, 0.2) is 23.8 Å². The molecule has 1 heterocycles. The molecule has 52 valence electrons. The summed E-state index contributed by atoms with van der Waals surface area (Å²) in [6, 6.07) is 0. The molecule has 0 saturated heterocycles. The van der Waals surface area contributed by atoms with Crippen molar-refractivity contribution in [2.24, 2.45) is 0 Å². The summed E-state index contributed by atoms with van der Waals surface area (Å²) in [6.45, 7) is 7.67. The first kappa shape index (κ1) is 7.61. The van der Waals surface area contributed by atoms with Gasteiger partial charge in [0.25, 0.3) is 0 Å². The van der Waals surface area contributed by atoms with Crippen LogP contribution in [-0.4, -0.2) is 25.9 Å². The maximum Gasteiger partial charge on any atom is 0.183 e. The molecule has 1 aliphatic rings. The summed E-state index contributed by atoms with van der Waals surface area (Å²) in [6.07, 6.45) is 3.00. The van der Waals surface area contributed by atoms with Gasteiger partial charge in [0.05, 0.1) is 0 Å². The molecule has 0 spiro atoms. The zero-order valence-corrected chi connectivity index (χ0v) is 6.43. The highest BCUT2D eigenvalue weighted by atomic mass is 15.0. The zero-order valence-electron chi connectivity index (χ0n) is 6.43. The Kier molecular flexibility index (Phi) is 2.33. The summed E-state index contributed by atoms with van der Waals surface area (Å²) in [5.74, 6) is 0. The molecule has 0 bridgehead atoms. The first-order valence-corrected chi connectivity index (χ1v) is 3.61. The normalized spacial score (nSPS) is 20.1. The van der Waals surface area contributed by atoms with Crippen molar-refractivity contribution in [2.45, 2.75) is 13.3 Å². The van der Waals surface area contributed by atoms with E-state index in [1.165, 1.54) is 11.1 Å². The second-order valence-electron chi connectivity index (χ2n) is 2.59. The van der Waals surface area contributed by atoms with E-state index < -0.39 is 0 Å². The molecule has 0 aromatic rings. The van der Waals surface area contributed by atoms with Crippen LogP contribution >= 0.6 is 0 Å². The maximum atomic E-state index is 5.61. The lowest BCUT2D eigenvalue weighted by molar-refractivity contribution is 0.571. The van der Waals surface area contributed by atoms with Gasteiger partial charge >= 0.3 is 0 Å². The van der Waals surface area contributed by atoms with Crippen LogP contribution in [0.3, 0.4) is 0 Å². The molecule has 10 heavy (non-hydrogen) atoms. The summed E-state index contributed by atoms with van der Waals surface area (Å²) in [5.41, 5.74) is 2.74. The Morgan fingerprint density at radius 3 is 2.80 bits per heavy atom. The number of hydrogen-bond donors (Lipinski definition) is 0. The summed E-state index contributed by atoms with van der Waals surface area (Å²) >= 11 is 0. The Bertz CT molecular complexity index is 172. The van der Waals surface area contributed by atoms with Crippen LogP contribution in [0.4, 0.5) is 0 Å². The van der Waals surface area contributed by atoms with Gasteiger partial charge in [-0.15, -0.1) is 0 Å². The molecule has 2 heteroatoms. The molecule has 0 atom stereocenters. The molecule has 2 radical (unpaired) electrons. The number of nitrogens with zero attached hydrogens (tertiary/aromatic N) is 1. The Labute approximate surface area is 63.8 Å². The molecule has 0 aliphatic carbocycles. The minimum Gasteiger partial charge on any atom is -0.347 e. The lowest BCUT2D eigenvalue weighted by Crippen LogP contribution is -2.16. The molecule has 0 aromatic carbocycles. The number of hydrogen-bond acceptors (Lipinski definition) is 1. The van der Waals surface area contributed by atoms with Gasteiger partial charge in [-0.25, -0.2) is 0 Å². The zero-order chi connectivity index (χ0) is 7.56. The van der Waals surface area contributed by atoms with Crippen molar-refractivity contribution in [3.05, 3.63) is 23.8 Å². The fraction of sp³-hybridized carbons (Fsp3) is 0.500. The molecule has 0 aromatic heterocycles. The van der Waals surface area contributed by atoms with E-state index in [9.17, 15) is 0 Å². The van der Waals surface area contributed by atoms with Crippen LogP contribution in [0.25, 0.3) is 0 Å². The van der Waals surface area contributed by atoms with Gasteiger partial charge in [0, 0.05) is 13.1 Å². The van der Waals surface area contributed by atoms with Gasteiger partial charge in [-0.1, -0.05) is 25.2 Å². The van der Waals surface area contributed by atoms with Crippen molar-refractivity contribution in [2.75, 3.05) is 13.1 Å². The fourth-order valence-corrected chi connectivity index (χ4v) is 1.28. The van der Waals surface area contributed by atoms with Crippen molar-refractivity contribution >= 4 is 7.98 Å². The lowest BCUT2D eigenvalue weighted by Gasteiger charge is -2.05. The third-order valence-corrected chi connectivity index (χ3v) is 1.89. The van der Waals surface area contributed by atoms with E-state index in [1.54, 1.807) is 0 Å². The van der Waals surface area contributed by atoms with Gasteiger partial charge in [0.15, 0.2) is 7.98 Å². The monoisotopic (exact) mass is 133 g/mol. The molecular weight excluding hydrogens is 121 g/mol. The van der Waals surface area contributed by atoms with E-state index in [4.69, 9.17) is 7.98 Å². The molecule has 0 N–H and O–H groups in total. The van der Waals surface area contributed by atoms with Gasteiger partial charge in [-0.3, -0.25) is 0 Å². The van der Waals surface area contributed by atoms with Crippen molar-refractivity contribution in [3.8, 4) is 0 Å². The van der Waals surface area contributed by atoms with E-state index in [-0.39, 0.29) is 0 Å². The minimum atomic E-state index is 0.868. The van der Waals surface area contributed by atoms with Crippen LogP contribution in [0.1, 0.15) is 13.3 Å². The van der Waals surface area contributed by atoms with E-state index in [2.05, 4.69) is 13.5 Å². The molecule has 0 fully saturated rings. The Balaban J connectivity index is 2.70. The van der Waals surface area contributed by atoms with E-state index >= 15 is 0 Å². The van der Waals surface area contributed by atoms with E-state index in [0.29, 0.717) is 0 Å². The van der Waals surface area contributed by atoms with Crippen LogP contribution in [0.2, 0.25) is 0 Å². The second-order valence-corrected chi connectivity index (χ2v) is 2.59. The van der Waals surface area contributed by atoms with Gasteiger partial charge in [0.2, 0.25) is 0 Å². The van der Waals surface area contributed by atoms with E-state index in [0.717, 1.165) is 19.5 Å². The first-order valence-electron chi connectivity index (χ1n) is 3.61. The Morgan fingerprint density at radius 2 is 2.40 bits per heavy atom. The smallest absolute Gasteiger partial charge is 0.183 e. The van der Waals surface area contributed by atoms with E-state index in [1.807, 2.05) is 10.9 Å². The van der Waals surface area contributed by atoms with Gasteiger partial charge in [-0.2, -0.15) is 0 Å². The lowest BCUT2D eigenvalue weighted by atomic mass is 10.1. The maximum absolute atomic E-state index is 5.61. The second kappa shape index (κ2) is 3.06. The first-order chi connectivity index (χ1) is 4.77. The third-order valence-electron chi connectivity index (χ3n) is 1.89. The van der Waals surface area contributed by atoms with Crippen LogP contribution < -0.4 is 0 Å². The van der Waals surface area contributed by atoms with Crippen molar-refractivity contribution in [3.63, 3.8) is 0 Å². The fourth-order valence-electron chi connectivity index (χ4n) is 1.28. The van der Waals surface area contributed by atoms with Gasteiger partial charge in [0.1, 0.15) is 0 Å². The third kappa shape index (κ3) is 1.32. The van der Waals surface area contributed by atoms with Crippen molar-refractivity contribution in [1.29, 1.82) is 0 Å². The molecule has 1 aliphatic heterocycles. The average Bonchev–Trinajstić information content (AvgIpc) is 2.30. The summed E-state index contributed by atoms with van der Waals surface area (Å²) in [4.78, 5) is 1.82. The quantitative estimate of drug-likeness (QED) is 0.513. The van der Waals surface area contributed by atoms with Gasteiger partial charge in [-0.05, 0) is 12.0 Å². The summed E-state index contributed by atoms with van der Waals surface area (Å²) < 4.78 is 0. The van der Waals surface area contributed by atoms with Crippen LogP contribution in [-0.2, 0) is 0 Å². The summed E-state index contributed by atoms with van der Waals surface area (Å²) in [7, 11) is 5.61. The molecule has 1 rings (SSSR count). The standard InChI is InChI=1S/C8H12BN/c1-3-7-5-10(9)6-8(7)4-2/h3H,1,4-6H2,2H3. The highest BCUT2D eigenvalue weighted by molar-refractivity contribution is 6.05. The van der Waals surface area contributed by atoms with Crippen LogP contribution in [0, 0.1) is 0 Å². The average molecular weight is 133 g/mol. The molecule has 0 unspecified atom stereocenters. The van der Waals surface area contributed by atoms with Crippen LogP contribution in [0.5, 0.6) is 0 Å². The highest BCUT2D eigenvalue weighted by Crippen LogP contribution is 2.18. The van der Waals surface area contributed by atoms with Crippen molar-refractivity contribution in [1.82, 2.24) is 4.81 Å². The SMILES string of the molecule is [B]N1CC(C=C)=C(CC)C1.